The Bertz CT molecular complexity index is 924. The summed E-state index contributed by atoms with van der Waals surface area (Å²) in [6.07, 6.45) is 4.38. The first-order valence-electron chi connectivity index (χ1n) is 9.70. The fourth-order valence-corrected chi connectivity index (χ4v) is 3.48. The van der Waals surface area contributed by atoms with E-state index >= 15 is 0 Å². The fourth-order valence-electron chi connectivity index (χ4n) is 3.48. The summed E-state index contributed by atoms with van der Waals surface area (Å²) in [5.74, 6) is 0.897. The molecule has 0 bridgehead atoms. The highest BCUT2D eigenvalue weighted by Gasteiger charge is 2.21. The van der Waals surface area contributed by atoms with Gasteiger partial charge in [-0.15, -0.1) is 0 Å². The maximum atomic E-state index is 12.3. The van der Waals surface area contributed by atoms with Gasteiger partial charge < -0.3 is 15.0 Å². The number of aromatic amines is 1. The standard InChI is InChI=1S/C22H25N3O2/c1-2-15-5-7-16(8-6-15)9-12-21(26)23-17-10-11-18-19(14-17)25-22(24-18)20-4-3-13-27-20/h5-8,10-11,14,20H,2-4,9,12-13H2,1H3,(H,23,26)(H,24,25). The Balaban J connectivity index is 1.37. The normalized spacial score (nSPS) is 16.7. The van der Waals surface area contributed by atoms with E-state index in [1.54, 1.807) is 0 Å². The summed E-state index contributed by atoms with van der Waals surface area (Å²) in [4.78, 5) is 20.2. The highest BCUT2D eigenvalue weighted by Crippen LogP contribution is 2.28. The van der Waals surface area contributed by atoms with Crippen LogP contribution in [0.2, 0.25) is 0 Å². The van der Waals surface area contributed by atoms with Crippen molar-refractivity contribution in [3.05, 3.63) is 59.4 Å². The number of carbonyl (C=O) groups excluding carboxylic acids is 1. The van der Waals surface area contributed by atoms with E-state index in [2.05, 4.69) is 46.5 Å². The minimum atomic E-state index is 0.0211. The van der Waals surface area contributed by atoms with E-state index in [0.717, 1.165) is 54.8 Å². The molecule has 5 heteroatoms. The number of nitrogens with zero attached hydrogens (tertiary/aromatic N) is 1. The number of fused-ring (bicyclic) bond motifs is 1. The maximum absolute atomic E-state index is 12.3. The zero-order valence-electron chi connectivity index (χ0n) is 15.6. The number of amides is 1. The number of nitrogens with one attached hydrogen (secondary N) is 2. The lowest BCUT2D eigenvalue weighted by atomic mass is 10.1. The molecule has 5 nitrogen and oxygen atoms in total. The third-order valence-electron chi connectivity index (χ3n) is 5.09. The second-order valence-corrected chi connectivity index (χ2v) is 7.07. The molecule has 1 aromatic heterocycles. The molecule has 3 aromatic rings. The van der Waals surface area contributed by atoms with Gasteiger partial charge in [0.2, 0.25) is 5.91 Å². The molecule has 0 spiro atoms. The van der Waals surface area contributed by atoms with Crippen LogP contribution >= 0.6 is 0 Å². The van der Waals surface area contributed by atoms with Crippen molar-refractivity contribution in [2.75, 3.05) is 11.9 Å². The highest BCUT2D eigenvalue weighted by molar-refractivity contribution is 5.93. The monoisotopic (exact) mass is 363 g/mol. The number of imidazole rings is 1. The van der Waals surface area contributed by atoms with Gasteiger partial charge in [0.05, 0.1) is 11.0 Å². The summed E-state index contributed by atoms with van der Waals surface area (Å²) in [5, 5.41) is 2.99. The van der Waals surface area contributed by atoms with Gasteiger partial charge >= 0.3 is 0 Å². The van der Waals surface area contributed by atoms with Gasteiger partial charge in [-0.05, 0) is 55.0 Å². The minimum absolute atomic E-state index is 0.0211. The Morgan fingerprint density at radius 3 is 2.78 bits per heavy atom. The van der Waals surface area contributed by atoms with Crippen molar-refractivity contribution in [2.24, 2.45) is 0 Å². The molecule has 27 heavy (non-hydrogen) atoms. The maximum Gasteiger partial charge on any atom is 0.224 e. The zero-order chi connectivity index (χ0) is 18.6. The van der Waals surface area contributed by atoms with Gasteiger partial charge in [0.25, 0.3) is 0 Å². The topological polar surface area (TPSA) is 67.0 Å². The van der Waals surface area contributed by atoms with Crippen LogP contribution in [-0.4, -0.2) is 22.5 Å². The number of hydrogen-bond acceptors (Lipinski definition) is 3. The Kier molecular flexibility index (Phi) is 5.21. The predicted octanol–water partition coefficient (Wildman–Crippen LogP) is 4.55. The van der Waals surface area contributed by atoms with Crippen LogP contribution in [0.15, 0.2) is 42.5 Å². The predicted molar refractivity (Wildman–Crippen MR) is 107 cm³/mol. The summed E-state index contributed by atoms with van der Waals surface area (Å²) in [6, 6.07) is 14.2. The first-order chi connectivity index (χ1) is 13.2. The average Bonchev–Trinajstić information content (AvgIpc) is 3.36. The van der Waals surface area contributed by atoms with E-state index in [1.807, 2.05) is 18.2 Å². The quantitative estimate of drug-likeness (QED) is 0.675. The van der Waals surface area contributed by atoms with E-state index in [1.165, 1.54) is 11.1 Å². The van der Waals surface area contributed by atoms with E-state index < -0.39 is 0 Å². The lowest BCUT2D eigenvalue weighted by Gasteiger charge is -2.06. The summed E-state index contributed by atoms with van der Waals surface area (Å²) in [7, 11) is 0. The zero-order valence-corrected chi connectivity index (χ0v) is 15.6. The Morgan fingerprint density at radius 1 is 1.22 bits per heavy atom. The van der Waals surface area contributed by atoms with Gasteiger partial charge in [-0.25, -0.2) is 4.98 Å². The number of aryl methyl sites for hydroxylation is 2. The van der Waals surface area contributed by atoms with Crippen molar-refractivity contribution in [1.29, 1.82) is 0 Å². The first-order valence-corrected chi connectivity index (χ1v) is 9.70. The number of H-pyrrole nitrogens is 1. The molecule has 2 N–H and O–H groups in total. The molecular formula is C22H25N3O2. The Hall–Kier alpha value is -2.66. The van der Waals surface area contributed by atoms with Crippen molar-refractivity contribution in [3.63, 3.8) is 0 Å². The lowest BCUT2D eigenvalue weighted by Crippen LogP contribution is -2.12. The first kappa shape index (κ1) is 17.7. The smallest absolute Gasteiger partial charge is 0.224 e. The van der Waals surface area contributed by atoms with Gasteiger partial charge in [0.1, 0.15) is 11.9 Å². The summed E-state index contributed by atoms with van der Waals surface area (Å²) in [6.45, 7) is 2.94. The van der Waals surface area contributed by atoms with Crippen LogP contribution < -0.4 is 5.32 Å². The second-order valence-electron chi connectivity index (χ2n) is 7.07. The van der Waals surface area contributed by atoms with Crippen LogP contribution in [0.25, 0.3) is 11.0 Å². The molecule has 1 aliphatic heterocycles. The molecule has 0 saturated carbocycles. The molecule has 4 rings (SSSR count). The fraction of sp³-hybridized carbons (Fsp3) is 0.364. The van der Waals surface area contributed by atoms with E-state index in [-0.39, 0.29) is 12.0 Å². The van der Waals surface area contributed by atoms with Crippen LogP contribution in [0.5, 0.6) is 0 Å². The molecular weight excluding hydrogens is 338 g/mol. The Morgan fingerprint density at radius 2 is 2.04 bits per heavy atom. The molecule has 1 atom stereocenters. The number of carbonyl (C=O) groups is 1. The summed E-state index contributed by atoms with van der Waals surface area (Å²) >= 11 is 0. The summed E-state index contributed by atoms with van der Waals surface area (Å²) < 4.78 is 5.69. The van der Waals surface area contributed by atoms with Crippen molar-refractivity contribution < 1.29 is 9.53 Å². The third kappa shape index (κ3) is 4.19. The molecule has 1 fully saturated rings. The van der Waals surface area contributed by atoms with Crippen LogP contribution in [0.4, 0.5) is 5.69 Å². The summed E-state index contributed by atoms with van der Waals surface area (Å²) in [5.41, 5.74) is 5.12. The van der Waals surface area contributed by atoms with Gasteiger partial charge in [-0.3, -0.25) is 4.79 Å². The molecule has 0 aliphatic carbocycles. The lowest BCUT2D eigenvalue weighted by molar-refractivity contribution is -0.116. The molecule has 2 aromatic carbocycles. The van der Waals surface area contributed by atoms with E-state index in [4.69, 9.17) is 4.74 Å². The Labute approximate surface area is 159 Å². The minimum Gasteiger partial charge on any atom is -0.370 e. The van der Waals surface area contributed by atoms with Crippen molar-refractivity contribution >= 4 is 22.6 Å². The van der Waals surface area contributed by atoms with Crippen LogP contribution in [0.3, 0.4) is 0 Å². The van der Waals surface area contributed by atoms with E-state index in [9.17, 15) is 4.79 Å². The van der Waals surface area contributed by atoms with E-state index in [0.29, 0.717) is 6.42 Å². The van der Waals surface area contributed by atoms with Gasteiger partial charge in [-0.1, -0.05) is 31.2 Å². The number of hydrogen-bond donors (Lipinski definition) is 2. The SMILES string of the molecule is CCc1ccc(CCC(=O)Nc2ccc3nc(C4CCCO4)[nH]c3c2)cc1. The van der Waals surface area contributed by atoms with Crippen molar-refractivity contribution in [2.45, 2.75) is 45.1 Å². The second kappa shape index (κ2) is 7.92. The molecule has 140 valence electrons. The number of aromatic nitrogens is 2. The molecule has 1 aliphatic rings. The molecule has 1 amide bonds. The number of rotatable bonds is 6. The van der Waals surface area contributed by atoms with Crippen molar-refractivity contribution in [1.82, 2.24) is 9.97 Å². The third-order valence-corrected chi connectivity index (χ3v) is 5.09. The molecule has 1 unspecified atom stereocenters. The highest BCUT2D eigenvalue weighted by atomic mass is 16.5. The molecule has 0 radical (unpaired) electrons. The molecule has 1 saturated heterocycles. The number of ether oxygens (including phenoxy) is 1. The van der Waals surface area contributed by atoms with Gasteiger partial charge in [0.15, 0.2) is 0 Å². The van der Waals surface area contributed by atoms with Crippen LogP contribution in [0.1, 0.15) is 49.2 Å². The number of anilines is 1. The number of benzene rings is 2. The van der Waals surface area contributed by atoms with Gasteiger partial charge in [0, 0.05) is 18.7 Å². The average molecular weight is 363 g/mol. The molecule has 2 heterocycles. The van der Waals surface area contributed by atoms with Gasteiger partial charge in [-0.2, -0.15) is 0 Å². The van der Waals surface area contributed by atoms with Crippen LogP contribution in [-0.2, 0) is 22.4 Å². The largest absolute Gasteiger partial charge is 0.370 e. The van der Waals surface area contributed by atoms with Crippen LogP contribution in [0, 0.1) is 0 Å². The van der Waals surface area contributed by atoms with Crippen molar-refractivity contribution in [3.8, 4) is 0 Å².